The minimum atomic E-state index is 0.714. The zero-order valence-corrected chi connectivity index (χ0v) is 8.74. The van der Waals surface area contributed by atoms with Crippen molar-refractivity contribution in [2.45, 2.75) is 12.8 Å². The van der Waals surface area contributed by atoms with Crippen LogP contribution in [0.5, 0.6) is 0 Å². The van der Waals surface area contributed by atoms with Gasteiger partial charge in [-0.25, -0.2) is 0 Å². The molecule has 1 aromatic carbocycles. The van der Waals surface area contributed by atoms with Crippen LogP contribution >= 0.6 is 0 Å². The van der Waals surface area contributed by atoms with Crippen molar-refractivity contribution < 1.29 is 0 Å². The van der Waals surface area contributed by atoms with Crippen molar-refractivity contribution in [1.82, 2.24) is 5.32 Å². The summed E-state index contributed by atoms with van der Waals surface area (Å²) in [6, 6.07) is 8.73. The summed E-state index contributed by atoms with van der Waals surface area (Å²) in [5.74, 6) is 0.714. The third-order valence-electron chi connectivity index (χ3n) is 3.35. The lowest BCUT2D eigenvalue weighted by atomic mass is 9.82. The Labute approximate surface area is 90.5 Å². The molecule has 1 atom stereocenters. The molecule has 0 bridgehead atoms. The van der Waals surface area contributed by atoms with Crippen molar-refractivity contribution in [3.8, 4) is 0 Å². The maximum absolute atomic E-state index is 3.31. The lowest BCUT2D eigenvalue weighted by Gasteiger charge is -2.22. The lowest BCUT2D eigenvalue weighted by Crippen LogP contribution is -2.15. The first kappa shape index (κ1) is 8.78. The van der Waals surface area contributed by atoms with Crippen LogP contribution in [0.25, 0.3) is 6.08 Å². The van der Waals surface area contributed by atoms with E-state index in [1.807, 2.05) is 0 Å². The molecule has 0 fully saturated rings. The number of nitrogens with one attached hydrogen (secondary N) is 1. The molecule has 2 aliphatic rings. The molecular weight excluding hydrogens is 182 g/mol. The van der Waals surface area contributed by atoms with E-state index < -0.39 is 0 Å². The Morgan fingerprint density at radius 2 is 2.13 bits per heavy atom. The predicted octanol–water partition coefficient (Wildman–Crippen LogP) is 2.75. The van der Waals surface area contributed by atoms with Gasteiger partial charge in [0, 0.05) is 6.54 Å². The van der Waals surface area contributed by atoms with Gasteiger partial charge in [-0.3, -0.25) is 0 Å². The van der Waals surface area contributed by atoms with Gasteiger partial charge in [0.05, 0.1) is 0 Å². The Bertz CT molecular complexity index is 429. The number of benzene rings is 1. The molecule has 0 aromatic heterocycles. The van der Waals surface area contributed by atoms with E-state index in [2.05, 4.69) is 47.9 Å². The zero-order chi connectivity index (χ0) is 10.1. The van der Waals surface area contributed by atoms with Crippen LogP contribution in [0.3, 0.4) is 0 Å². The van der Waals surface area contributed by atoms with Crippen molar-refractivity contribution in [3.05, 3.63) is 53.2 Å². The van der Waals surface area contributed by atoms with Gasteiger partial charge in [0.2, 0.25) is 0 Å². The normalized spacial score (nSPS) is 23.2. The summed E-state index contributed by atoms with van der Waals surface area (Å²) < 4.78 is 0. The lowest BCUT2D eigenvalue weighted by molar-refractivity contribution is 0.562. The fourth-order valence-corrected chi connectivity index (χ4v) is 2.49. The molecule has 1 unspecified atom stereocenters. The van der Waals surface area contributed by atoms with E-state index in [1.165, 1.54) is 29.5 Å². The van der Waals surface area contributed by atoms with E-state index in [4.69, 9.17) is 0 Å². The van der Waals surface area contributed by atoms with E-state index >= 15 is 0 Å². The topological polar surface area (TPSA) is 12.0 Å². The zero-order valence-electron chi connectivity index (χ0n) is 8.74. The van der Waals surface area contributed by atoms with Crippen molar-refractivity contribution in [1.29, 1.82) is 0 Å². The van der Waals surface area contributed by atoms with Crippen LogP contribution in [0.2, 0.25) is 0 Å². The van der Waals surface area contributed by atoms with Crippen molar-refractivity contribution in [2.75, 3.05) is 6.54 Å². The maximum atomic E-state index is 3.31. The van der Waals surface area contributed by atoms with Gasteiger partial charge in [-0.05, 0) is 47.7 Å². The first-order chi connectivity index (χ1) is 7.43. The molecule has 76 valence electrons. The molecule has 1 aliphatic heterocycles. The van der Waals surface area contributed by atoms with Gasteiger partial charge in [-0.15, -0.1) is 0 Å². The average molecular weight is 197 g/mol. The molecule has 1 N–H and O–H groups in total. The summed E-state index contributed by atoms with van der Waals surface area (Å²) in [5, 5.41) is 3.31. The minimum absolute atomic E-state index is 0.714. The van der Waals surface area contributed by atoms with Crippen LogP contribution < -0.4 is 5.32 Å². The summed E-state index contributed by atoms with van der Waals surface area (Å²) in [5.41, 5.74) is 4.38. The molecule has 0 saturated carbocycles. The molecule has 0 radical (unpaired) electrons. The predicted molar refractivity (Wildman–Crippen MR) is 63.4 cm³/mol. The average Bonchev–Trinajstić information content (AvgIpc) is 2.50. The first-order valence-corrected chi connectivity index (χ1v) is 5.63. The fraction of sp³-hybridized carbons (Fsp3) is 0.286. The third kappa shape index (κ3) is 1.58. The molecule has 0 saturated heterocycles. The van der Waals surface area contributed by atoms with Crippen LogP contribution in [0.1, 0.15) is 17.5 Å². The second-order valence-electron chi connectivity index (χ2n) is 4.32. The molecule has 0 amide bonds. The summed E-state index contributed by atoms with van der Waals surface area (Å²) >= 11 is 0. The number of fused-ring (bicyclic) bond motifs is 2. The van der Waals surface area contributed by atoms with E-state index in [0.29, 0.717) is 5.92 Å². The number of hydrogen-bond acceptors (Lipinski definition) is 1. The highest BCUT2D eigenvalue weighted by atomic mass is 14.8. The molecule has 0 spiro atoms. The Morgan fingerprint density at radius 1 is 1.20 bits per heavy atom. The van der Waals surface area contributed by atoms with Gasteiger partial charge >= 0.3 is 0 Å². The van der Waals surface area contributed by atoms with Gasteiger partial charge in [0.25, 0.3) is 0 Å². The van der Waals surface area contributed by atoms with Crippen LogP contribution in [0, 0.1) is 5.92 Å². The third-order valence-corrected chi connectivity index (χ3v) is 3.35. The Kier molecular flexibility index (Phi) is 2.09. The minimum Gasteiger partial charge on any atom is -0.391 e. The second-order valence-corrected chi connectivity index (χ2v) is 4.32. The van der Waals surface area contributed by atoms with Crippen LogP contribution in [-0.4, -0.2) is 6.54 Å². The van der Waals surface area contributed by atoms with Gasteiger partial charge in [-0.1, -0.05) is 30.3 Å². The quantitative estimate of drug-likeness (QED) is 0.674. The van der Waals surface area contributed by atoms with Gasteiger partial charge < -0.3 is 5.32 Å². The van der Waals surface area contributed by atoms with Crippen molar-refractivity contribution in [2.24, 2.45) is 5.92 Å². The van der Waals surface area contributed by atoms with Crippen LogP contribution in [0.4, 0.5) is 0 Å². The van der Waals surface area contributed by atoms with E-state index in [9.17, 15) is 0 Å². The largest absolute Gasteiger partial charge is 0.391 e. The smallest absolute Gasteiger partial charge is 0.0147 e. The summed E-state index contributed by atoms with van der Waals surface area (Å²) in [6.45, 7) is 1.10. The standard InChI is InChI=1S/C14H15N/c1-2-4-12-10-14-6-8-15-7-5-13(14)9-11(12)3-1/h1-5,7,9,14-15H,6,8,10H2. The molecular formula is C14H15N. The van der Waals surface area contributed by atoms with Crippen LogP contribution in [-0.2, 0) is 6.42 Å². The maximum Gasteiger partial charge on any atom is 0.0147 e. The fourth-order valence-electron chi connectivity index (χ4n) is 2.49. The highest BCUT2D eigenvalue weighted by Gasteiger charge is 2.20. The SMILES string of the molecule is C1=CC2=Cc3ccccc3CC2CCN1. The molecule has 1 aliphatic carbocycles. The van der Waals surface area contributed by atoms with Crippen LogP contribution in [0.15, 0.2) is 42.1 Å². The van der Waals surface area contributed by atoms with Crippen molar-refractivity contribution in [3.63, 3.8) is 0 Å². The van der Waals surface area contributed by atoms with E-state index in [-0.39, 0.29) is 0 Å². The number of allylic oxidation sites excluding steroid dienone is 2. The Hall–Kier alpha value is -1.50. The Morgan fingerprint density at radius 3 is 3.13 bits per heavy atom. The highest BCUT2D eigenvalue weighted by Crippen LogP contribution is 2.31. The summed E-state index contributed by atoms with van der Waals surface area (Å²) in [7, 11) is 0. The van der Waals surface area contributed by atoms with E-state index in [0.717, 1.165) is 6.54 Å². The van der Waals surface area contributed by atoms with Gasteiger partial charge in [-0.2, -0.15) is 0 Å². The summed E-state index contributed by atoms with van der Waals surface area (Å²) in [6.07, 6.45) is 9.10. The van der Waals surface area contributed by atoms with Crippen molar-refractivity contribution >= 4 is 6.08 Å². The molecule has 3 rings (SSSR count). The van der Waals surface area contributed by atoms with Gasteiger partial charge in [0.1, 0.15) is 0 Å². The molecule has 15 heavy (non-hydrogen) atoms. The number of rotatable bonds is 0. The Balaban J connectivity index is 2.05. The first-order valence-electron chi connectivity index (χ1n) is 5.63. The summed E-state index contributed by atoms with van der Waals surface area (Å²) in [4.78, 5) is 0. The highest BCUT2D eigenvalue weighted by molar-refractivity contribution is 5.62. The molecule has 1 heterocycles. The number of hydrogen-bond donors (Lipinski definition) is 1. The molecule has 1 nitrogen and oxygen atoms in total. The van der Waals surface area contributed by atoms with Gasteiger partial charge in [0.15, 0.2) is 0 Å². The molecule has 1 heteroatoms. The molecule has 1 aromatic rings. The monoisotopic (exact) mass is 197 g/mol. The van der Waals surface area contributed by atoms with E-state index in [1.54, 1.807) is 0 Å². The second kappa shape index (κ2) is 3.58.